The molecule has 0 radical (unpaired) electrons. The number of likely N-dealkylation sites (tertiary alicyclic amines) is 1. The lowest BCUT2D eigenvalue weighted by atomic mass is 10.0. The summed E-state index contributed by atoms with van der Waals surface area (Å²) in [6.45, 7) is 6.03. The van der Waals surface area contributed by atoms with E-state index >= 15 is 0 Å². The lowest BCUT2D eigenvalue weighted by Gasteiger charge is -2.37. The molecule has 1 aliphatic heterocycles. The zero-order valence-electron chi connectivity index (χ0n) is 15.8. The minimum absolute atomic E-state index is 0.0259. The lowest BCUT2D eigenvalue weighted by Crippen LogP contribution is -2.48. The van der Waals surface area contributed by atoms with Gasteiger partial charge in [0.1, 0.15) is 0 Å². The summed E-state index contributed by atoms with van der Waals surface area (Å²) in [5, 5.41) is 13.3. The Kier molecular flexibility index (Phi) is 5.91. The fourth-order valence-corrected chi connectivity index (χ4v) is 3.60. The van der Waals surface area contributed by atoms with Crippen LogP contribution < -0.4 is 0 Å². The van der Waals surface area contributed by atoms with E-state index in [4.69, 9.17) is 5.11 Å². The molecule has 7 nitrogen and oxygen atoms in total. The summed E-state index contributed by atoms with van der Waals surface area (Å²) in [6, 6.07) is 7.70. The largest absolute Gasteiger partial charge is 0.480 e. The number of carboxylic acid groups (broad SMARTS) is 1. The van der Waals surface area contributed by atoms with Gasteiger partial charge in [0, 0.05) is 30.9 Å². The molecule has 0 saturated carbocycles. The standard InChI is InChI=1S/C20H26N4O3/c1-3-22(14-19(25)26)17-8-10-23(11-9-17)20(27)16-4-6-18(7-5-16)24-13-15(2)12-21-24/h4-7,12-13,17H,3,8-11,14H2,1-2H3,(H,25,26). The van der Waals surface area contributed by atoms with Crippen LogP contribution in [0.2, 0.25) is 0 Å². The first-order valence-electron chi connectivity index (χ1n) is 9.34. The molecule has 7 heteroatoms. The molecule has 1 aromatic carbocycles. The summed E-state index contributed by atoms with van der Waals surface area (Å²) in [5.74, 6) is -0.777. The van der Waals surface area contributed by atoms with Gasteiger partial charge in [-0.2, -0.15) is 5.10 Å². The second-order valence-corrected chi connectivity index (χ2v) is 6.99. The molecular weight excluding hydrogens is 344 g/mol. The van der Waals surface area contributed by atoms with Crippen molar-refractivity contribution >= 4 is 11.9 Å². The zero-order valence-corrected chi connectivity index (χ0v) is 15.8. The lowest BCUT2D eigenvalue weighted by molar-refractivity contribution is -0.139. The van der Waals surface area contributed by atoms with Crippen molar-refractivity contribution in [2.24, 2.45) is 0 Å². The van der Waals surface area contributed by atoms with Gasteiger partial charge in [-0.1, -0.05) is 6.92 Å². The zero-order chi connectivity index (χ0) is 19.4. The normalized spacial score (nSPS) is 15.3. The highest BCUT2D eigenvalue weighted by molar-refractivity contribution is 5.94. The van der Waals surface area contributed by atoms with Crippen molar-refractivity contribution in [3.63, 3.8) is 0 Å². The van der Waals surface area contributed by atoms with Crippen LogP contribution in [0.3, 0.4) is 0 Å². The first-order valence-corrected chi connectivity index (χ1v) is 9.34. The molecule has 1 saturated heterocycles. The van der Waals surface area contributed by atoms with Gasteiger partial charge in [0.05, 0.1) is 18.4 Å². The van der Waals surface area contributed by atoms with Crippen molar-refractivity contribution < 1.29 is 14.7 Å². The number of likely N-dealkylation sites (N-methyl/N-ethyl adjacent to an activating group) is 1. The van der Waals surface area contributed by atoms with Crippen LogP contribution >= 0.6 is 0 Å². The van der Waals surface area contributed by atoms with E-state index in [2.05, 4.69) is 5.10 Å². The molecule has 2 heterocycles. The Hall–Kier alpha value is -2.67. The summed E-state index contributed by atoms with van der Waals surface area (Å²) in [7, 11) is 0. The summed E-state index contributed by atoms with van der Waals surface area (Å²) >= 11 is 0. The van der Waals surface area contributed by atoms with Crippen LogP contribution in [-0.4, -0.2) is 68.8 Å². The minimum atomic E-state index is -0.803. The third kappa shape index (κ3) is 4.54. The van der Waals surface area contributed by atoms with E-state index in [1.807, 2.05) is 54.1 Å². The third-order valence-electron chi connectivity index (χ3n) is 5.10. The number of benzene rings is 1. The average Bonchev–Trinajstić information content (AvgIpc) is 3.12. The van der Waals surface area contributed by atoms with Crippen molar-refractivity contribution in [1.29, 1.82) is 0 Å². The van der Waals surface area contributed by atoms with Crippen molar-refractivity contribution in [3.05, 3.63) is 47.8 Å². The predicted molar refractivity (Wildman–Crippen MR) is 102 cm³/mol. The van der Waals surface area contributed by atoms with E-state index in [9.17, 15) is 9.59 Å². The van der Waals surface area contributed by atoms with Crippen LogP contribution in [-0.2, 0) is 4.79 Å². The third-order valence-corrected chi connectivity index (χ3v) is 5.10. The quantitative estimate of drug-likeness (QED) is 0.843. The van der Waals surface area contributed by atoms with Gasteiger partial charge in [-0.3, -0.25) is 14.5 Å². The summed E-state index contributed by atoms with van der Waals surface area (Å²) < 4.78 is 1.79. The molecule has 27 heavy (non-hydrogen) atoms. The molecule has 0 aliphatic carbocycles. The maximum absolute atomic E-state index is 12.8. The SMILES string of the molecule is CCN(CC(=O)O)C1CCN(C(=O)c2ccc(-n3cc(C)cn3)cc2)CC1. The molecule has 1 aromatic heterocycles. The monoisotopic (exact) mass is 370 g/mol. The summed E-state index contributed by atoms with van der Waals surface area (Å²) in [4.78, 5) is 27.6. The number of amides is 1. The Balaban J connectivity index is 1.60. The van der Waals surface area contributed by atoms with Gasteiger partial charge >= 0.3 is 5.97 Å². The van der Waals surface area contributed by atoms with E-state index in [0.29, 0.717) is 25.2 Å². The molecule has 0 unspecified atom stereocenters. The highest BCUT2D eigenvalue weighted by Gasteiger charge is 2.27. The van der Waals surface area contributed by atoms with Crippen molar-refractivity contribution in [2.45, 2.75) is 32.7 Å². The number of hydrogen-bond acceptors (Lipinski definition) is 4. The summed E-state index contributed by atoms with van der Waals surface area (Å²) in [5.41, 5.74) is 2.67. The Morgan fingerprint density at radius 2 is 1.89 bits per heavy atom. The van der Waals surface area contributed by atoms with Gasteiger partial charge in [0.2, 0.25) is 0 Å². The number of rotatable bonds is 6. The number of aryl methyl sites for hydroxylation is 1. The second kappa shape index (κ2) is 8.35. The van der Waals surface area contributed by atoms with E-state index in [-0.39, 0.29) is 18.5 Å². The molecular formula is C20H26N4O3. The number of carbonyl (C=O) groups excluding carboxylic acids is 1. The second-order valence-electron chi connectivity index (χ2n) is 6.99. The molecule has 0 atom stereocenters. The van der Waals surface area contributed by atoms with Gasteiger partial charge in [0.15, 0.2) is 0 Å². The maximum Gasteiger partial charge on any atom is 0.317 e. The smallest absolute Gasteiger partial charge is 0.317 e. The average molecular weight is 370 g/mol. The maximum atomic E-state index is 12.8. The van der Waals surface area contributed by atoms with Crippen LogP contribution in [0.4, 0.5) is 0 Å². The molecule has 1 fully saturated rings. The number of piperidine rings is 1. The van der Waals surface area contributed by atoms with Crippen molar-refractivity contribution in [3.8, 4) is 5.69 Å². The number of carboxylic acids is 1. The fourth-order valence-electron chi connectivity index (χ4n) is 3.60. The predicted octanol–water partition coefficient (Wildman–Crippen LogP) is 2.19. The molecule has 1 amide bonds. The Labute approximate surface area is 159 Å². The number of nitrogens with zero attached hydrogens (tertiary/aromatic N) is 4. The first-order chi connectivity index (χ1) is 13.0. The number of aliphatic carboxylic acids is 1. The molecule has 0 spiro atoms. The number of carbonyl (C=O) groups is 2. The Morgan fingerprint density at radius 1 is 1.22 bits per heavy atom. The fraction of sp³-hybridized carbons (Fsp3) is 0.450. The van der Waals surface area contributed by atoms with Gasteiger partial charge in [-0.25, -0.2) is 4.68 Å². The van der Waals surface area contributed by atoms with Crippen LogP contribution in [0.15, 0.2) is 36.7 Å². The topological polar surface area (TPSA) is 78.7 Å². The van der Waals surface area contributed by atoms with E-state index < -0.39 is 5.97 Å². The van der Waals surface area contributed by atoms with Crippen molar-refractivity contribution in [1.82, 2.24) is 19.6 Å². The molecule has 1 aliphatic rings. The van der Waals surface area contributed by atoms with E-state index in [0.717, 1.165) is 24.1 Å². The van der Waals surface area contributed by atoms with E-state index in [1.165, 1.54) is 0 Å². The minimum Gasteiger partial charge on any atom is -0.480 e. The van der Waals surface area contributed by atoms with Gasteiger partial charge in [-0.15, -0.1) is 0 Å². The van der Waals surface area contributed by atoms with Crippen LogP contribution in [0.25, 0.3) is 5.69 Å². The highest BCUT2D eigenvalue weighted by atomic mass is 16.4. The van der Waals surface area contributed by atoms with Crippen LogP contribution in [0.1, 0.15) is 35.7 Å². The molecule has 1 N–H and O–H groups in total. The van der Waals surface area contributed by atoms with E-state index in [1.54, 1.807) is 10.9 Å². The Bertz CT molecular complexity index is 792. The molecule has 2 aromatic rings. The number of hydrogen-bond donors (Lipinski definition) is 1. The first kappa shape index (κ1) is 19.1. The van der Waals surface area contributed by atoms with Gasteiger partial charge < -0.3 is 10.0 Å². The molecule has 3 rings (SSSR count). The highest BCUT2D eigenvalue weighted by Crippen LogP contribution is 2.19. The van der Waals surface area contributed by atoms with Gasteiger partial charge in [0.25, 0.3) is 5.91 Å². The summed E-state index contributed by atoms with van der Waals surface area (Å²) in [6.07, 6.45) is 5.35. The molecule has 0 bridgehead atoms. The van der Waals surface area contributed by atoms with Gasteiger partial charge in [-0.05, 0) is 56.1 Å². The van der Waals surface area contributed by atoms with Crippen LogP contribution in [0.5, 0.6) is 0 Å². The van der Waals surface area contributed by atoms with Crippen LogP contribution in [0, 0.1) is 6.92 Å². The Morgan fingerprint density at radius 3 is 2.41 bits per heavy atom. The molecule has 144 valence electrons. The van der Waals surface area contributed by atoms with Crippen molar-refractivity contribution in [2.75, 3.05) is 26.2 Å². The number of aromatic nitrogens is 2.